The molecule has 0 aliphatic carbocycles. The number of rotatable bonds is 4. The minimum Gasteiger partial charge on any atom is -0.461 e. The first-order valence-corrected chi connectivity index (χ1v) is 8.97. The fourth-order valence-electron chi connectivity index (χ4n) is 2.85. The maximum atomic E-state index is 12.4. The highest BCUT2D eigenvalue weighted by Gasteiger charge is 2.19. The van der Waals surface area contributed by atoms with Gasteiger partial charge in [-0.2, -0.15) is 5.10 Å². The zero-order valence-electron chi connectivity index (χ0n) is 13.7. The van der Waals surface area contributed by atoms with E-state index in [0.29, 0.717) is 27.6 Å². The Hall–Kier alpha value is -2.52. The molecular formula is C16H18N6O2S. The van der Waals surface area contributed by atoms with E-state index < -0.39 is 0 Å². The van der Waals surface area contributed by atoms with Gasteiger partial charge in [-0.25, -0.2) is 0 Å². The van der Waals surface area contributed by atoms with Gasteiger partial charge in [0.1, 0.15) is 0 Å². The summed E-state index contributed by atoms with van der Waals surface area (Å²) in [5.74, 6) is 0.389. The van der Waals surface area contributed by atoms with Gasteiger partial charge >= 0.3 is 0 Å². The Morgan fingerprint density at radius 2 is 2.20 bits per heavy atom. The van der Waals surface area contributed by atoms with Gasteiger partial charge in [0.2, 0.25) is 5.13 Å². The average Bonchev–Trinajstić information content (AvgIpc) is 3.36. The van der Waals surface area contributed by atoms with Crippen LogP contribution < -0.4 is 10.6 Å². The molecule has 0 aromatic carbocycles. The second-order valence-corrected chi connectivity index (χ2v) is 6.94. The lowest BCUT2D eigenvalue weighted by atomic mass is 10.1. The molecule has 25 heavy (non-hydrogen) atoms. The SMILES string of the molecule is Cc1ccoc1-c1nnc(NC(=O)c2ccn(C3CCNCC3)n2)s1. The zero-order valence-corrected chi connectivity index (χ0v) is 14.5. The van der Waals surface area contributed by atoms with Crippen molar-refractivity contribution in [3.63, 3.8) is 0 Å². The molecule has 1 fully saturated rings. The lowest BCUT2D eigenvalue weighted by Gasteiger charge is -2.22. The van der Waals surface area contributed by atoms with Gasteiger partial charge in [-0.1, -0.05) is 11.3 Å². The van der Waals surface area contributed by atoms with Crippen LogP contribution in [0.1, 0.15) is 34.9 Å². The van der Waals surface area contributed by atoms with Crippen molar-refractivity contribution in [2.75, 3.05) is 18.4 Å². The molecule has 0 atom stereocenters. The van der Waals surface area contributed by atoms with E-state index >= 15 is 0 Å². The fraction of sp³-hybridized carbons (Fsp3) is 0.375. The first-order valence-electron chi connectivity index (χ1n) is 8.16. The molecule has 1 amide bonds. The van der Waals surface area contributed by atoms with Crippen molar-refractivity contribution < 1.29 is 9.21 Å². The summed E-state index contributed by atoms with van der Waals surface area (Å²) >= 11 is 1.27. The fourth-order valence-corrected chi connectivity index (χ4v) is 3.64. The van der Waals surface area contributed by atoms with Crippen LogP contribution in [0.4, 0.5) is 5.13 Å². The van der Waals surface area contributed by atoms with Crippen LogP contribution in [0.15, 0.2) is 29.0 Å². The van der Waals surface area contributed by atoms with Crippen molar-refractivity contribution >= 4 is 22.4 Å². The second kappa shape index (κ2) is 6.77. The Morgan fingerprint density at radius 1 is 1.36 bits per heavy atom. The Balaban J connectivity index is 1.45. The van der Waals surface area contributed by atoms with Crippen molar-refractivity contribution in [1.29, 1.82) is 0 Å². The van der Waals surface area contributed by atoms with Crippen LogP contribution in [-0.4, -0.2) is 39.0 Å². The van der Waals surface area contributed by atoms with Crippen LogP contribution in [0.3, 0.4) is 0 Å². The van der Waals surface area contributed by atoms with Crippen LogP contribution in [0.25, 0.3) is 10.8 Å². The van der Waals surface area contributed by atoms with Crippen LogP contribution in [0.2, 0.25) is 0 Å². The number of furan rings is 1. The highest BCUT2D eigenvalue weighted by Crippen LogP contribution is 2.29. The van der Waals surface area contributed by atoms with E-state index in [0.717, 1.165) is 31.5 Å². The molecule has 0 unspecified atom stereocenters. The van der Waals surface area contributed by atoms with Crippen LogP contribution in [0, 0.1) is 6.92 Å². The predicted octanol–water partition coefficient (Wildman–Crippen LogP) is 2.48. The smallest absolute Gasteiger partial charge is 0.277 e. The van der Waals surface area contributed by atoms with Crippen molar-refractivity contribution in [2.45, 2.75) is 25.8 Å². The number of anilines is 1. The summed E-state index contributed by atoms with van der Waals surface area (Å²) in [6, 6.07) is 3.94. The van der Waals surface area contributed by atoms with E-state index in [2.05, 4.69) is 25.9 Å². The first-order chi connectivity index (χ1) is 12.2. The minimum absolute atomic E-state index is 0.286. The monoisotopic (exact) mass is 358 g/mol. The third-order valence-electron chi connectivity index (χ3n) is 4.23. The average molecular weight is 358 g/mol. The molecule has 1 aliphatic rings. The number of amides is 1. The Morgan fingerprint density at radius 3 is 2.96 bits per heavy atom. The van der Waals surface area contributed by atoms with Gasteiger partial charge in [-0.3, -0.25) is 14.8 Å². The van der Waals surface area contributed by atoms with E-state index in [1.165, 1.54) is 11.3 Å². The summed E-state index contributed by atoms with van der Waals surface area (Å²) in [4.78, 5) is 12.4. The molecule has 0 spiro atoms. The number of nitrogens with one attached hydrogen (secondary N) is 2. The topological polar surface area (TPSA) is 97.9 Å². The number of aromatic nitrogens is 4. The molecule has 2 N–H and O–H groups in total. The van der Waals surface area contributed by atoms with Gasteiger partial charge in [-0.05, 0) is 50.6 Å². The van der Waals surface area contributed by atoms with E-state index in [9.17, 15) is 4.79 Å². The van der Waals surface area contributed by atoms with E-state index in [1.807, 2.05) is 23.9 Å². The second-order valence-electron chi connectivity index (χ2n) is 5.96. The van der Waals surface area contributed by atoms with Crippen molar-refractivity contribution in [1.82, 2.24) is 25.3 Å². The summed E-state index contributed by atoms with van der Waals surface area (Å²) in [5.41, 5.74) is 1.36. The molecular weight excluding hydrogens is 340 g/mol. The van der Waals surface area contributed by atoms with Gasteiger partial charge < -0.3 is 9.73 Å². The summed E-state index contributed by atoms with van der Waals surface area (Å²) in [6.45, 7) is 3.89. The molecule has 1 saturated heterocycles. The molecule has 9 heteroatoms. The molecule has 0 saturated carbocycles. The predicted molar refractivity (Wildman–Crippen MR) is 93.7 cm³/mol. The highest BCUT2D eigenvalue weighted by molar-refractivity contribution is 7.18. The maximum absolute atomic E-state index is 12.4. The quantitative estimate of drug-likeness (QED) is 0.743. The number of hydrogen-bond donors (Lipinski definition) is 2. The summed E-state index contributed by atoms with van der Waals surface area (Å²) in [5, 5.41) is 19.6. The standard InChI is InChI=1S/C16H18N6O2S/c1-10-5-9-24-13(10)15-19-20-16(25-15)18-14(23)12-4-8-22(21-12)11-2-6-17-7-3-11/h4-5,8-9,11,17H,2-3,6-7H2,1H3,(H,18,20,23). The number of hydrogen-bond acceptors (Lipinski definition) is 7. The molecule has 0 radical (unpaired) electrons. The Labute approximate surface area is 148 Å². The van der Waals surface area contributed by atoms with Crippen molar-refractivity contribution in [3.8, 4) is 10.8 Å². The largest absolute Gasteiger partial charge is 0.461 e. The van der Waals surface area contributed by atoms with Gasteiger partial charge in [0.05, 0.1) is 12.3 Å². The summed E-state index contributed by atoms with van der Waals surface area (Å²) < 4.78 is 7.28. The number of carbonyl (C=O) groups excluding carboxylic acids is 1. The highest BCUT2D eigenvalue weighted by atomic mass is 32.1. The number of aryl methyl sites for hydroxylation is 1. The molecule has 4 heterocycles. The van der Waals surface area contributed by atoms with Crippen LogP contribution in [-0.2, 0) is 0 Å². The molecule has 130 valence electrons. The minimum atomic E-state index is -0.286. The maximum Gasteiger partial charge on any atom is 0.277 e. The number of piperidine rings is 1. The summed E-state index contributed by atoms with van der Waals surface area (Å²) in [7, 11) is 0. The van der Waals surface area contributed by atoms with Crippen molar-refractivity contribution in [2.24, 2.45) is 0 Å². The molecule has 3 aromatic rings. The normalized spacial score (nSPS) is 15.4. The van der Waals surface area contributed by atoms with Gasteiger partial charge in [0, 0.05) is 6.20 Å². The van der Waals surface area contributed by atoms with E-state index in [4.69, 9.17) is 4.42 Å². The zero-order chi connectivity index (χ0) is 17.2. The van der Waals surface area contributed by atoms with Crippen LogP contribution in [0.5, 0.6) is 0 Å². The third kappa shape index (κ3) is 3.33. The van der Waals surface area contributed by atoms with Crippen LogP contribution >= 0.6 is 11.3 Å². The molecule has 1 aliphatic heterocycles. The lowest BCUT2D eigenvalue weighted by molar-refractivity contribution is 0.102. The van der Waals surface area contributed by atoms with Gasteiger partial charge in [0.25, 0.3) is 5.91 Å². The Bertz CT molecular complexity index is 877. The first kappa shape index (κ1) is 16.0. The number of nitrogens with zero attached hydrogens (tertiary/aromatic N) is 4. The third-order valence-corrected chi connectivity index (χ3v) is 5.06. The van der Waals surface area contributed by atoms with Crippen molar-refractivity contribution in [3.05, 3.63) is 35.9 Å². The molecule has 8 nitrogen and oxygen atoms in total. The van der Waals surface area contributed by atoms with E-state index in [-0.39, 0.29) is 5.91 Å². The summed E-state index contributed by atoms with van der Waals surface area (Å²) in [6.07, 6.45) is 5.51. The van der Waals surface area contributed by atoms with Gasteiger partial charge in [0.15, 0.2) is 16.5 Å². The molecule has 3 aromatic heterocycles. The van der Waals surface area contributed by atoms with Gasteiger partial charge in [-0.15, -0.1) is 10.2 Å². The Kier molecular flexibility index (Phi) is 4.33. The molecule has 0 bridgehead atoms. The molecule has 4 rings (SSSR count). The number of carbonyl (C=O) groups is 1. The van der Waals surface area contributed by atoms with E-state index in [1.54, 1.807) is 12.3 Å². The lowest BCUT2D eigenvalue weighted by Crippen LogP contribution is -2.29.